The van der Waals surface area contributed by atoms with Gasteiger partial charge in [-0.3, -0.25) is 9.59 Å². The number of aromatic amines is 1. The largest absolute Gasteiger partial charge is 0.352 e. The number of rotatable bonds is 7. The van der Waals surface area contributed by atoms with Gasteiger partial charge in [-0.15, -0.1) is 11.3 Å². The van der Waals surface area contributed by atoms with Crippen LogP contribution >= 0.6 is 34.7 Å². The highest BCUT2D eigenvalue weighted by molar-refractivity contribution is 7.98. The number of thioether (sulfide) groups is 1. The molecule has 1 aliphatic carbocycles. The topological polar surface area (TPSA) is 74.8 Å². The quantitative estimate of drug-likeness (QED) is 0.524. The average molecular weight is 448 g/mol. The molecule has 2 heterocycles. The smallest absolute Gasteiger partial charge is 0.259 e. The van der Waals surface area contributed by atoms with E-state index >= 15 is 0 Å². The highest BCUT2D eigenvalue weighted by atomic mass is 35.5. The first-order valence-electron chi connectivity index (χ1n) is 9.72. The van der Waals surface area contributed by atoms with Crippen LogP contribution in [-0.4, -0.2) is 21.6 Å². The number of carbonyl (C=O) groups is 1. The lowest BCUT2D eigenvalue weighted by atomic mass is 9.97. The molecule has 4 rings (SSSR count). The van der Waals surface area contributed by atoms with Crippen LogP contribution in [0.5, 0.6) is 0 Å². The van der Waals surface area contributed by atoms with Crippen molar-refractivity contribution in [3.8, 4) is 0 Å². The van der Waals surface area contributed by atoms with Crippen molar-refractivity contribution in [2.45, 2.75) is 44.4 Å². The molecular formula is C21H22ClN3O2S2. The molecule has 1 aromatic carbocycles. The number of amides is 1. The highest BCUT2D eigenvalue weighted by Gasteiger charge is 2.19. The summed E-state index contributed by atoms with van der Waals surface area (Å²) in [6, 6.07) is 7.43. The first-order chi connectivity index (χ1) is 14.1. The fourth-order valence-electron chi connectivity index (χ4n) is 3.50. The third-order valence-corrected chi connectivity index (χ3v) is 7.40. The van der Waals surface area contributed by atoms with E-state index in [4.69, 9.17) is 11.6 Å². The number of aromatic nitrogens is 2. The summed E-state index contributed by atoms with van der Waals surface area (Å²) in [7, 11) is 0. The van der Waals surface area contributed by atoms with Gasteiger partial charge in [-0.2, -0.15) is 11.8 Å². The van der Waals surface area contributed by atoms with Crippen molar-refractivity contribution in [1.29, 1.82) is 0 Å². The van der Waals surface area contributed by atoms with Gasteiger partial charge < -0.3 is 10.3 Å². The molecule has 0 saturated carbocycles. The molecule has 0 fully saturated rings. The van der Waals surface area contributed by atoms with E-state index in [-0.39, 0.29) is 11.5 Å². The van der Waals surface area contributed by atoms with Gasteiger partial charge in [0.25, 0.3) is 5.56 Å². The zero-order valence-electron chi connectivity index (χ0n) is 15.9. The molecule has 2 N–H and O–H groups in total. The summed E-state index contributed by atoms with van der Waals surface area (Å²) in [6.45, 7) is 0.495. The molecule has 29 heavy (non-hydrogen) atoms. The van der Waals surface area contributed by atoms with Crippen LogP contribution in [0.3, 0.4) is 0 Å². The average Bonchev–Trinajstić information content (AvgIpc) is 3.09. The maximum absolute atomic E-state index is 12.5. The van der Waals surface area contributed by atoms with Crippen molar-refractivity contribution in [1.82, 2.24) is 15.3 Å². The number of carbonyl (C=O) groups excluding carboxylic acids is 1. The van der Waals surface area contributed by atoms with Crippen LogP contribution in [0, 0.1) is 0 Å². The van der Waals surface area contributed by atoms with E-state index in [1.165, 1.54) is 16.9 Å². The number of benzene rings is 1. The highest BCUT2D eigenvalue weighted by Crippen LogP contribution is 2.33. The van der Waals surface area contributed by atoms with Gasteiger partial charge in [-0.05, 0) is 48.9 Å². The van der Waals surface area contributed by atoms with E-state index < -0.39 is 0 Å². The molecule has 0 aliphatic heterocycles. The lowest BCUT2D eigenvalue weighted by molar-refractivity contribution is -0.120. The summed E-state index contributed by atoms with van der Waals surface area (Å²) in [5.41, 5.74) is 2.20. The Hall–Kier alpha value is -1.83. The van der Waals surface area contributed by atoms with Crippen LogP contribution in [0.4, 0.5) is 0 Å². The van der Waals surface area contributed by atoms with Crippen LogP contribution in [-0.2, 0) is 29.9 Å². The number of nitrogens with zero attached hydrogens (tertiary/aromatic N) is 1. The van der Waals surface area contributed by atoms with Gasteiger partial charge in [0.2, 0.25) is 5.91 Å². The summed E-state index contributed by atoms with van der Waals surface area (Å²) in [5, 5.41) is 4.39. The Morgan fingerprint density at radius 3 is 2.86 bits per heavy atom. The van der Waals surface area contributed by atoms with Gasteiger partial charge in [0.15, 0.2) is 0 Å². The molecule has 5 nitrogen and oxygen atoms in total. The van der Waals surface area contributed by atoms with Crippen LogP contribution in [0.2, 0.25) is 5.02 Å². The molecule has 2 aromatic heterocycles. The second kappa shape index (κ2) is 9.32. The Labute approximate surface area is 182 Å². The number of thiophene rings is 1. The first kappa shape index (κ1) is 20.4. The number of aryl methyl sites for hydroxylation is 2. The molecule has 8 heteroatoms. The van der Waals surface area contributed by atoms with E-state index in [9.17, 15) is 9.59 Å². The summed E-state index contributed by atoms with van der Waals surface area (Å²) < 4.78 is 0. The predicted molar refractivity (Wildman–Crippen MR) is 121 cm³/mol. The van der Waals surface area contributed by atoms with Gasteiger partial charge in [0, 0.05) is 28.6 Å². The third kappa shape index (κ3) is 5.02. The SMILES string of the molecule is O=C(CCSCc1nc2sc3c(c2c(=O)[nH]1)CCCC3)NCc1ccc(Cl)cc1. The van der Waals surface area contributed by atoms with Crippen molar-refractivity contribution >= 4 is 50.8 Å². The number of hydrogen-bond acceptors (Lipinski definition) is 5. The molecule has 0 unspecified atom stereocenters. The van der Waals surface area contributed by atoms with Crippen LogP contribution < -0.4 is 10.9 Å². The van der Waals surface area contributed by atoms with E-state index in [1.807, 2.05) is 24.3 Å². The minimum atomic E-state index is -0.0225. The minimum absolute atomic E-state index is 0.00952. The van der Waals surface area contributed by atoms with Crippen molar-refractivity contribution < 1.29 is 4.79 Å². The number of fused-ring (bicyclic) bond motifs is 3. The van der Waals surface area contributed by atoms with E-state index in [0.717, 1.165) is 35.0 Å². The van der Waals surface area contributed by atoms with E-state index in [0.29, 0.717) is 35.3 Å². The van der Waals surface area contributed by atoms with Gasteiger partial charge in [0.05, 0.1) is 11.1 Å². The molecule has 3 aromatic rings. The number of nitrogens with one attached hydrogen (secondary N) is 2. The van der Waals surface area contributed by atoms with Crippen molar-refractivity contribution in [2.24, 2.45) is 0 Å². The van der Waals surface area contributed by atoms with Gasteiger partial charge in [0.1, 0.15) is 10.7 Å². The summed E-state index contributed by atoms with van der Waals surface area (Å²) in [4.78, 5) is 34.3. The molecule has 0 spiro atoms. The number of halogens is 1. The molecule has 0 bridgehead atoms. The van der Waals surface area contributed by atoms with Crippen molar-refractivity contribution in [3.63, 3.8) is 0 Å². The molecule has 0 saturated heterocycles. The fourth-order valence-corrected chi connectivity index (χ4v) is 5.71. The Morgan fingerprint density at radius 2 is 2.03 bits per heavy atom. The van der Waals surface area contributed by atoms with Gasteiger partial charge in [-0.1, -0.05) is 23.7 Å². The lowest BCUT2D eigenvalue weighted by Crippen LogP contribution is -2.23. The van der Waals surface area contributed by atoms with Crippen LogP contribution in [0.1, 0.15) is 41.1 Å². The number of hydrogen-bond donors (Lipinski definition) is 2. The summed E-state index contributed by atoms with van der Waals surface area (Å²) in [5.74, 6) is 1.97. The summed E-state index contributed by atoms with van der Waals surface area (Å²) >= 11 is 9.13. The predicted octanol–water partition coefficient (Wildman–Crippen LogP) is 4.46. The minimum Gasteiger partial charge on any atom is -0.352 e. The standard InChI is InChI=1S/C21H22ClN3O2S2/c22-14-7-5-13(6-8-14)11-23-18(26)9-10-28-12-17-24-20(27)19-15-3-1-2-4-16(15)29-21(19)25-17/h5-8H,1-4,9-12H2,(H,23,26)(H,24,25,27). The Bertz CT molecular complexity index is 1080. The maximum Gasteiger partial charge on any atom is 0.259 e. The third-order valence-electron chi connectivity index (χ3n) is 4.99. The lowest BCUT2D eigenvalue weighted by Gasteiger charge is -2.09. The Morgan fingerprint density at radius 1 is 1.24 bits per heavy atom. The first-order valence-corrected chi connectivity index (χ1v) is 12.1. The Kier molecular flexibility index (Phi) is 6.57. The van der Waals surface area contributed by atoms with E-state index in [2.05, 4.69) is 15.3 Å². The molecule has 0 radical (unpaired) electrons. The molecule has 152 valence electrons. The van der Waals surface area contributed by atoms with Gasteiger partial charge in [-0.25, -0.2) is 4.98 Å². The maximum atomic E-state index is 12.5. The molecule has 0 atom stereocenters. The van der Waals surface area contributed by atoms with Crippen molar-refractivity contribution in [2.75, 3.05) is 5.75 Å². The second-order valence-corrected chi connectivity index (χ2v) is 9.73. The Balaban J connectivity index is 1.27. The molecular weight excluding hydrogens is 426 g/mol. The van der Waals surface area contributed by atoms with Crippen LogP contribution in [0.15, 0.2) is 29.1 Å². The normalized spacial score (nSPS) is 13.4. The van der Waals surface area contributed by atoms with E-state index in [1.54, 1.807) is 23.1 Å². The summed E-state index contributed by atoms with van der Waals surface area (Å²) in [6.07, 6.45) is 4.82. The van der Waals surface area contributed by atoms with Gasteiger partial charge >= 0.3 is 0 Å². The zero-order chi connectivity index (χ0) is 20.2. The van der Waals surface area contributed by atoms with Crippen molar-refractivity contribution in [3.05, 3.63) is 61.5 Å². The number of H-pyrrole nitrogens is 1. The molecule has 1 aliphatic rings. The fraction of sp³-hybridized carbons (Fsp3) is 0.381. The zero-order valence-corrected chi connectivity index (χ0v) is 18.3. The monoisotopic (exact) mass is 447 g/mol. The molecule has 1 amide bonds. The van der Waals surface area contributed by atoms with Crippen LogP contribution in [0.25, 0.3) is 10.2 Å². The second-order valence-electron chi connectivity index (χ2n) is 7.11.